The Morgan fingerprint density at radius 3 is 3.15 bits per heavy atom. The molecule has 1 aromatic carbocycles. The van der Waals surface area contributed by atoms with Crippen molar-refractivity contribution in [1.29, 1.82) is 5.26 Å². The predicted molar refractivity (Wildman–Crippen MR) is 74.4 cm³/mol. The summed E-state index contributed by atoms with van der Waals surface area (Å²) in [5, 5.41) is 8.93. The van der Waals surface area contributed by atoms with Crippen molar-refractivity contribution in [3.05, 3.63) is 23.8 Å². The normalized spacial score (nSPS) is 18.4. The van der Waals surface area contributed by atoms with Crippen LogP contribution in [-0.2, 0) is 9.47 Å². The summed E-state index contributed by atoms with van der Waals surface area (Å²) in [7, 11) is 0. The van der Waals surface area contributed by atoms with Gasteiger partial charge in [-0.1, -0.05) is 6.07 Å². The lowest BCUT2D eigenvalue weighted by atomic mass is 10.1. The summed E-state index contributed by atoms with van der Waals surface area (Å²) in [6.07, 6.45) is -0.477. The zero-order chi connectivity index (χ0) is 14.5. The molecule has 0 aromatic heterocycles. The van der Waals surface area contributed by atoms with Crippen molar-refractivity contribution in [2.45, 2.75) is 13.0 Å². The van der Waals surface area contributed by atoms with Crippen molar-refractivity contribution in [3.63, 3.8) is 0 Å². The van der Waals surface area contributed by atoms with Gasteiger partial charge in [0.05, 0.1) is 42.8 Å². The minimum absolute atomic E-state index is 0.302. The molecule has 0 aliphatic carbocycles. The van der Waals surface area contributed by atoms with Crippen LogP contribution in [0.5, 0.6) is 0 Å². The number of nitrogen functional groups attached to an aromatic ring is 1. The topological polar surface area (TPSA) is 88.6 Å². The molecule has 1 aromatic rings. The van der Waals surface area contributed by atoms with E-state index in [4.69, 9.17) is 20.5 Å². The highest BCUT2D eigenvalue weighted by molar-refractivity contribution is 5.98. The van der Waals surface area contributed by atoms with E-state index in [1.807, 2.05) is 11.0 Å². The number of nitrogens with zero attached hydrogens (tertiary/aromatic N) is 2. The first-order valence-corrected chi connectivity index (χ1v) is 6.49. The molecule has 6 heteroatoms. The number of esters is 1. The van der Waals surface area contributed by atoms with Gasteiger partial charge < -0.3 is 20.1 Å². The molecule has 0 saturated carbocycles. The van der Waals surface area contributed by atoms with Gasteiger partial charge in [-0.05, 0) is 19.1 Å². The number of para-hydroxylation sites is 1. The maximum absolute atomic E-state index is 11.8. The number of hydrogen-bond acceptors (Lipinski definition) is 6. The third-order valence-electron chi connectivity index (χ3n) is 3.13. The Labute approximate surface area is 117 Å². The number of ether oxygens (including phenoxy) is 2. The minimum Gasteiger partial charge on any atom is -0.462 e. The van der Waals surface area contributed by atoms with Crippen LogP contribution in [0.15, 0.2) is 18.2 Å². The van der Waals surface area contributed by atoms with Gasteiger partial charge in [0, 0.05) is 6.54 Å². The van der Waals surface area contributed by atoms with Crippen LogP contribution < -0.4 is 10.6 Å². The van der Waals surface area contributed by atoms with Gasteiger partial charge in [-0.25, -0.2) is 4.79 Å². The standard InChI is InChI=1S/C14H17N3O3/c1-2-19-14(18)11-4-3-5-12(13(11)16)17-6-7-20-10(8-15)9-17/h3-5,10H,2,6-7,9,16H2,1H3. The maximum atomic E-state index is 11.8. The zero-order valence-corrected chi connectivity index (χ0v) is 11.3. The SMILES string of the molecule is CCOC(=O)c1cccc(N2CCOC(C#N)C2)c1N. The number of hydrogen-bond donors (Lipinski definition) is 1. The van der Waals surface area contributed by atoms with E-state index < -0.39 is 12.1 Å². The summed E-state index contributed by atoms with van der Waals surface area (Å²) in [6, 6.07) is 7.31. The first kappa shape index (κ1) is 14.2. The van der Waals surface area contributed by atoms with Gasteiger partial charge in [-0.15, -0.1) is 0 Å². The summed E-state index contributed by atoms with van der Waals surface area (Å²) in [5.41, 5.74) is 7.53. The summed E-state index contributed by atoms with van der Waals surface area (Å²) >= 11 is 0. The van der Waals surface area contributed by atoms with Gasteiger partial charge in [-0.2, -0.15) is 5.26 Å². The fraction of sp³-hybridized carbons (Fsp3) is 0.429. The van der Waals surface area contributed by atoms with Crippen molar-refractivity contribution < 1.29 is 14.3 Å². The molecule has 1 saturated heterocycles. The molecule has 0 bridgehead atoms. The van der Waals surface area contributed by atoms with Crippen LogP contribution in [-0.4, -0.2) is 38.4 Å². The Morgan fingerprint density at radius 1 is 1.65 bits per heavy atom. The summed E-state index contributed by atoms with van der Waals surface area (Å²) in [6.45, 7) is 3.58. The molecule has 106 valence electrons. The lowest BCUT2D eigenvalue weighted by molar-refractivity contribution is 0.0527. The average molecular weight is 275 g/mol. The lowest BCUT2D eigenvalue weighted by Crippen LogP contribution is -2.42. The lowest BCUT2D eigenvalue weighted by Gasteiger charge is -2.32. The van der Waals surface area contributed by atoms with E-state index in [-0.39, 0.29) is 0 Å². The van der Waals surface area contributed by atoms with Crippen LogP contribution in [0.4, 0.5) is 11.4 Å². The molecule has 1 atom stereocenters. The third-order valence-corrected chi connectivity index (χ3v) is 3.13. The molecule has 2 rings (SSSR count). The van der Waals surface area contributed by atoms with Gasteiger partial charge in [0.15, 0.2) is 6.10 Å². The van der Waals surface area contributed by atoms with Crippen molar-refractivity contribution in [2.75, 3.05) is 36.9 Å². The molecule has 0 amide bonds. The van der Waals surface area contributed by atoms with E-state index in [2.05, 4.69) is 6.07 Å². The van der Waals surface area contributed by atoms with Crippen LogP contribution in [0.2, 0.25) is 0 Å². The van der Waals surface area contributed by atoms with Crippen LogP contribution in [0, 0.1) is 11.3 Å². The van der Waals surface area contributed by atoms with E-state index in [9.17, 15) is 4.79 Å². The molecule has 20 heavy (non-hydrogen) atoms. The zero-order valence-electron chi connectivity index (χ0n) is 11.3. The summed E-state index contributed by atoms with van der Waals surface area (Å²) in [5.74, 6) is -0.433. The molecule has 6 nitrogen and oxygen atoms in total. The van der Waals surface area contributed by atoms with Crippen molar-refractivity contribution in [2.24, 2.45) is 0 Å². The van der Waals surface area contributed by atoms with Crippen LogP contribution in [0.25, 0.3) is 0 Å². The quantitative estimate of drug-likeness (QED) is 0.658. The molecular weight excluding hydrogens is 258 g/mol. The first-order chi connectivity index (χ1) is 9.67. The number of rotatable bonds is 3. The van der Waals surface area contributed by atoms with E-state index >= 15 is 0 Å². The number of nitrogens with two attached hydrogens (primary N) is 1. The van der Waals surface area contributed by atoms with Crippen molar-refractivity contribution >= 4 is 17.3 Å². The second-order valence-electron chi connectivity index (χ2n) is 4.39. The molecule has 1 unspecified atom stereocenters. The predicted octanol–water partition coefficient (Wildman–Crippen LogP) is 1.17. The molecule has 1 fully saturated rings. The summed E-state index contributed by atoms with van der Waals surface area (Å²) in [4.78, 5) is 13.8. The molecule has 0 radical (unpaired) electrons. The van der Waals surface area contributed by atoms with Crippen LogP contribution in [0.3, 0.4) is 0 Å². The Kier molecular flexibility index (Phi) is 4.43. The number of carbonyl (C=O) groups is 1. The average Bonchev–Trinajstić information content (AvgIpc) is 2.47. The highest BCUT2D eigenvalue weighted by atomic mass is 16.5. The number of benzene rings is 1. The monoisotopic (exact) mass is 275 g/mol. The van der Waals surface area contributed by atoms with Gasteiger partial charge >= 0.3 is 5.97 Å². The van der Waals surface area contributed by atoms with E-state index in [0.29, 0.717) is 37.6 Å². The van der Waals surface area contributed by atoms with Gasteiger partial charge in [0.1, 0.15) is 0 Å². The summed E-state index contributed by atoms with van der Waals surface area (Å²) < 4.78 is 10.3. The van der Waals surface area contributed by atoms with E-state index in [0.717, 1.165) is 5.69 Å². The van der Waals surface area contributed by atoms with Crippen LogP contribution in [0.1, 0.15) is 17.3 Å². The number of nitriles is 1. The molecule has 1 heterocycles. The molecule has 1 aliphatic rings. The fourth-order valence-electron chi connectivity index (χ4n) is 2.16. The van der Waals surface area contributed by atoms with E-state index in [1.165, 1.54) is 0 Å². The minimum atomic E-state index is -0.477. The number of morpholine rings is 1. The third kappa shape index (κ3) is 2.83. The van der Waals surface area contributed by atoms with Crippen LogP contribution >= 0.6 is 0 Å². The van der Waals surface area contributed by atoms with Gasteiger partial charge in [0.25, 0.3) is 0 Å². The van der Waals surface area contributed by atoms with E-state index in [1.54, 1.807) is 19.1 Å². The molecular formula is C14H17N3O3. The molecule has 0 spiro atoms. The Hall–Kier alpha value is -2.26. The molecule has 2 N–H and O–H groups in total. The Bertz CT molecular complexity index is 539. The largest absolute Gasteiger partial charge is 0.462 e. The van der Waals surface area contributed by atoms with Crippen molar-refractivity contribution in [3.8, 4) is 6.07 Å². The highest BCUT2D eigenvalue weighted by Gasteiger charge is 2.23. The van der Waals surface area contributed by atoms with Gasteiger partial charge in [-0.3, -0.25) is 0 Å². The second kappa shape index (κ2) is 6.26. The number of anilines is 2. The number of carbonyl (C=O) groups excluding carboxylic acids is 1. The first-order valence-electron chi connectivity index (χ1n) is 6.49. The van der Waals surface area contributed by atoms with Gasteiger partial charge in [0.2, 0.25) is 0 Å². The Morgan fingerprint density at radius 2 is 2.45 bits per heavy atom. The van der Waals surface area contributed by atoms with Crippen molar-refractivity contribution in [1.82, 2.24) is 0 Å². The highest BCUT2D eigenvalue weighted by Crippen LogP contribution is 2.28. The molecule has 1 aliphatic heterocycles. The second-order valence-corrected chi connectivity index (χ2v) is 4.39. The maximum Gasteiger partial charge on any atom is 0.340 e. The smallest absolute Gasteiger partial charge is 0.340 e. The fourth-order valence-corrected chi connectivity index (χ4v) is 2.16. The Balaban J connectivity index is 2.26.